The van der Waals surface area contributed by atoms with Crippen molar-refractivity contribution >= 4 is 11.7 Å². The summed E-state index contributed by atoms with van der Waals surface area (Å²) in [5.41, 5.74) is 2.99. The first-order valence-corrected chi connectivity index (χ1v) is 7.69. The lowest BCUT2D eigenvalue weighted by molar-refractivity contribution is -0.122. The molecule has 1 unspecified atom stereocenters. The second kappa shape index (κ2) is 6.56. The minimum absolute atomic E-state index is 0.0450. The lowest BCUT2D eigenvalue weighted by Crippen LogP contribution is -2.35. The van der Waals surface area contributed by atoms with Crippen molar-refractivity contribution in [2.24, 2.45) is 0 Å². The fourth-order valence-electron chi connectivity index (χ4n) is 3.04. The Hall–Kier alpha value is -2.42. The third-order valence-corrected chi connectivity index (χ3v) is 4.20. The number of Topliss-reactive ketones (excluding diaryl/α,β-unsaturated/α-hetero) is 1. The molecule has 112 valence electrons. The fourth-order valence-corrected chi connectivity index (χ4v) is 3.04. The van der Waals surface area contributed by atoms with Crippen molar-refractivity contribution in [2.45, 2.75) is 25.2 Å². The van der Waals surface area contributed by atoms with Crippen molar-refractivity contribution < 1.29 is 9.59 Å². The van der Waals surface area contributed by atoms with E-state index in [1.54, 1.807) is 12.1 Å². The van der Waals surface area contributed by atoms with Crippen LogP contribution in [0.5, 0.6) is 0 Å². The van der Waals surface area contributed by atoms with Gasteiger partial charge in [-0.05, 0) is 30.4 Å². The molecule has 0 aromatic heterocycles. The topological polar surface area (TPSA) is 46.2 Å². The van der Waals surface area contributed by atoms with Crippen LogP contribution >= 0.6 is 0 Å². The molecule has 0 bridgehead atoms. The zero-order valence-electron chi connectivity index (χ0n) is 12.4. The predicted octanol–water partition coefficient (Wildman–Crippen LogP) is 3.11. The Balaban J connectivity index is 1.65. The number of hydrogen-bond donors (Lipinski definition) is 1. The van der Waals surface area contributed by atoms with E-state index in [9.17, 15) is 9.59 Å². The minimum atomic E-state index is -0.131. The SMILES string of the molecule is O=C(CNC(=O)C1CCCc2ccccc21)c1ccccc1. The number of aryl methyl sites for hydroxylation is 1. The zero-order chi connectivity index (χ0) is 15.4. The van der Waals surface area contributed by atoms with Crippen LogP contribution in [0.4, 0.5) is 0 Å². The molecule has 0 aliphatic heterocycles. The van der Waals surface area contributed by atoms with Crippen molar-refractivity contribution in [1.82, 2.24) is 5.32 Å². The van der Waals surface area contributed by atoms with Crippen LogP contribution in [0.3, 0.4) is 0 Å². The molecule has 0 radical (unpaired) electrons. The Morgan fingerprint density at radius 3 is 2.55 bits per heavy atom. The summed E-state index contributed by atoms with van der Waals surface area (Å²) in [4.78, 5) is 24.5. The largest absolute Gasteiger partial charge is 0.348 e. The van der Waals surface area contributed by atoms with E-state index in [1.807, 2.05) is 36.4 Å². The third kappa shape index (κ3) is 3.08. The van der Waals surface area contributed by atoms with Gasteiger partial charge in [0.15, 0.2) is 5.78 Å². The summed E-state index contributed by atoms with van der Waals surface area (Å²) in [5.74, 6) is -0.233. The molecule has 3 nitrogen and oxygen atoms in total. The quantitative estimate of drug-likeness (QED) is 0.880. The van der Waals surface area contributed by atoms with Gasteiger partial charge in [0.25, 0.3) is 0 Å². The Kier molecular flexibility index (Phi) is 4.33. The van der Waals surface area contributed by atoms with Crippen LogP contribution in [0.1, 0.15) is 40.2 Å². The molecular weight excluding hydrogens is 274 g/mol. The molecule has 0 heterocycles. The van der Waals surface area contributed by atoms with Gasteiger partial charge in [-0.25, -0.2) is 0 Å². The van der Waals surface area contributed by atoms with E-state index in [2.05, 4.69) is 11.4 Å². The molecule has 22 heavy (non-hydrogen) atoms. The second-order valence-electron chi connectivity index (χ2n) is 5.65. The number of carbonyl (C=O) groups is 2. The van der Waals surface area contributed by atoms with Gasteiger partial charge in [0.05, 0.1) is 12.5 Å². The molecule has 3 rings (SSSR count). The van der Waals surface area contributed by atoms with Gasteiger partial charge < -0.3 is 5.32 Å². The van der Waals surface area contributed by atoms with Crippen molar-refractivity contribution in [3.05, 3.63) is 71.3 Å². The molecule has 2 aromatic carbocycles. The van der Waals surface area contributed by atoms with E-state index in [1.165, 1.54) is 5.56 Å². The first-order valence-electron chi connectivity index (χ1n) is 7.69. The van der Waals surface area contributed by atoms with E-state index in [0.29, 0.717) is 5.56 Å². The molecule has 1 N–H and O–H groups in total. The molecule has 1 amide bonds. The molecule has 1 atom stereocenters. The molecule has 0 spiro atoms. The average Bonchev–Trinajstić information content (AvgIpc) is 2.59. The van der Waals surface area contributed by atoms with Gasteiger partial charge in [0.1, 0.15) is 0 Å². The van der Waals surface area contributed by atoms with Gasteiger partial charge in [0, 0.05) is 5.56 Å². The van der Waals surface area contributed by atoms with Crippen LogP contribution in [0.2, 0.25) is 0 Å². The molecule has 0 fully saturated rings. The van der Waals surface area contributed by atoms with Gasteiger partial charge in [0.2, 0.25) is 5.91 Å². The average molecular weight is 293 g/mol. The number of carbonyl (C=O) groups excluding carboxylic acids is 2. The van der Waals surface area contributed by atoms with Crippen LogP contribution in [0.25, 0.3) is 0 Å². The Labute approximate surface area is 130 Å². The summed E-state index contributed by atoms with van der Waals surface area (Å²) < 4.78 is 0. The number of fused-ring (bicyclic) bond motifs is 1. The normalized spacial score (nSPS) is 16.6. The Morgan fingerprint density at radius 2 is 1.73 bits per heavy atom. The van der Waals surface area contributed by atoms with Crippen LogP contribution < -0.4 is 5.32 Å². The third-order valence-electron chi connectivity index (χ3n) is 4.20. The molecule has 0 saturated carbocycles. The maximum atomic E-state index is 12.4. The Morgan fingerprint density at radius 1 is 1.00 bits per heavy atom. The molecule has 3 heteroatoms. The number of benzene rings is 2. The summed E-state index contributed by atoms with van der Waals surface area (Å²) >= 11 is 0. The summed E-state index contributed by atoms with van der Waals surface area (Å²) in [5, 5.41) is 2.80. The van der Waals surface area contributed by atoms with Crippen LogP contribution in [-0.4, -0.2) is 18.2 Å². The molecule has 1 aliphatic rings. The monoisotopic (exact) mass is 293 g/mol. The predicted molar refractivity (Wildman–Crippen MR) is 85.9 cm³/mol. The molecule has 0 saturated heterocycles. The van der Waals surface area contributed by atoms with Crippen molar-refractivity contribution in [3.63, 3.8) is 0 Å². The van der Waals surface area contributed by atoms with E-state index in [4.69, 9.17) is 0 Å². The lowest BCUT2D eigenvalue weighted by atomic mass is 9.82. The number of rotatable bonds is 4. The first kappa shape index (κ1) is 14.5. The van der Waals surface area contributed by atoms with E-state index in [-0.39, 0.29) is 24.2 Å². The maximum Gasteiger partial charge on any atom is 0.227 e. The maximum absolute atomic E-state index is 12.4. The van der Waals surface area contributed by atoms with Crippen LogP contribution in [-0.2, 0) is 11.2 Å². The van der Waals surface area contributed by atoms with Crippen molar-refractivity contribution in [2.75, 3.05) is 6.54 Å². The van der Waals surface area contributed by atoms with E-state index >= 15 is 0 Å². The minimum Gasteiger partial charge on any atom is -0.348 e. The lowest BCUT2D eigenvalue weighted by Gasteiger charge is -2.24. The van der Waals surface area contributed by atoms with Gasteiger partial charge in [-0.1, -0.05) is 54.6 Å². The summed E-state index contributed by atoms with van der Waals surface area (Å²) in [7, 11) is 0. The number of nitrogens with one attached hydrogen (secondary N) is 1. The smallest absolute Gasteiger partial charge is 0.227 e. The fraction of sp³-hybridized carbons (Fsp3) is 0.263. The standard InChI is InChI=1S/C19H19NO2/c21-18(15-8-2-1-3-9-15)13-20-19(22)17-12-6-10-14-7-4-5-11-16(14)17/h1-5,7-9,11,17H,6,10,12-13H2,(H,20,22). The van der Waals surface area contributed by atoms with Gasteiger partial charge in [-0.15, -0.1) is 0 Å². The highest BCUT2D eigenvalue weighted by Crippen LogP contribution is 2.31. The highest BCUT2D eigenvalue weighted by atomic mass is 16.2. The summed E-state index contributed by atoms with van der Waals surface area (Å²) in [6.07, 6.45) is 2.90. The van der Waals surface area contributed by atoms with Crippen molar-refractivity contribution in [1.29, 1.82) is 0 Å². The number of hydrogen-bond acceptors (Lipinski definition) is 2. The Bertz CT molecular complexity index is 679. The van der Waals surface area contributed by atoms with Gasteiger partial charge >= 0.3 is 0 Å². The van der Waals surface area contributed by atoms with Crippen LogP contribution in [0, 0.1) is 0 Å². The zero-order valence-corrected chi connectivity index (χ0v) is 12.4. The number of ketones is 1. The van der Waals surface area contributed by atoms with Crippen molar-refractivity contribution in [3.8, 4) is 0 Å². The van der Waals surface area contributed by atoms with Gasteiger partial charge in [-0.3, -0.25) is 9.59 Å². The number of amides is 1. The van der Waals surface area contributed by atoms with E-state index in [0.717, 1.165) is 24.8 Å². The summed E-state index contributed by atoms with van der Waals surface area (Å²) in [6, 6.07) is 17.2. The first-order chi connectivity index (χ1) is 10.8. The highest BCUT2D eigenvalue weighted by molar-refractivity contribution is 5.99. The van der Waals surface area contributed by atoms with Crippen LogP contribution in [0.15, 0.2) is 54.6 Å². The van der Waals surface area contributed by atoms with Gasteiger partial charge in [-0.2, -0.15) is 0 Å². The molecule has 1 aliphatic carbocycles. The summed E-state index contributed by atoms with van der Waals surface area (Å²) in [6.45, 7) is 0.0571. The van der Waals surface area contributed by atoms with E-state index < -0.39 is 0 Å². The second-order valence-corrected chi connectivity index (χ2v) is 5.65. The highest BCUT2D eigenvalue weighted by Gasteiger charge is 2.26. The molecular formula is C19H19NO2. The molecule has 2 aromatic rings.